The second-order valence-electron chi connectivity index (χ2n) is 10.4. The van der Waals surface area contributed by atoms with Gasteiger partial charge < -0.3 is 24.3 Å². The Labute approximate surface area is 217 Å². The number of rotatable bonds is 15. The van der Waals surface area contributed by atoms with E-state index in [2.05, 4.69) is 52.9 Å². The van der Waals surface area contributed by atoms with E-state index >= 15 is 0 Å². The van der Waals surface area contributed by atoms with Crippen LogP contribution in [0.25, 0.3) is 0 Å². The van der Waals surface area contributed by atoms with Gasteiger partial charge in [-0.2, -0.15) is 0 Å². The molecule has 0 aliphatic carbocycles. The summed E-state index contributed by atoms with van der Waals surface area (Å²) in [5.74, 6) is 2.98. The number of unbranched alkanes of at least 4 members (excludes halogenated alkanes) is 1. The van der Waals surface area contributed by atoms with Crippen LogP contribution in [-0.2, 0) is 17.6 Å². The molecule has 0 radical (unpaired) electrons. The molecule has 0 saturated heterocycles. The second-order valence-corrected chi connectivity index (χ2v) is 10.4. The number of hydrogen-bond donors (Lipinski definition) is 1. The van der Waals surface area contributed by atoms with Crippen molar-refractivity contribution in [3.63, 3.8) is 0 Å². The van der Waals surface area contributed by atoms with Gasteiger partial charge in [-0.25, -0.2) is 0 Å². The van der Waals surface area contributed by atoms with E-state index in [1.54, 1.807) is 14.2 Å². The third-order valence-corrected chi connectivity index (χ3v) is 6.53. The molecule has 2 aromatic carbocycles. The van der Waals surface area contributed by atoms with Crippen LogP contribution in [-0.4, -0.2) is 37.9 Å². The molecule has 1 amide bonds. The molecule has 0 fully saturated rings. The highest BCUT2D eigenvalue weighted by Gasteiger charge is 2.21. The van der Waals surface area contributed by atoms with Crippen molar-refractivity contribution < 1.29 is 23.7 Å². The molecule has 0 aromatic heterocycles. The second kappa shape index (κ2) is 13.4. The molecular weight excluding hydrogens is 454 g/mol. The highest BCUT2D eigenvalue weighted by molar-refractivity contribution is 5.78. The summed E-state index contributed by atoms with van der Waals surface area (Å²) in [5, 5.41) is 3.02. The van der Waals surface area contributed by atoms with Crippen LogP contribution < -0.4 is 24.3 Å². The normalized spacial score (nSPS) is 11.7. The van der Waals surface area contributed by atoms with Gasteiger partial charge in [0.1, 0.15) is 22.7 Å². The van der Waals surface area contributed by atoms with Crippen LogP contribution in [0.5, 0.6) is 23.0 Å². The predicted molar refractivity (Wildman–Crippen MR) is 146 cm³/mol. The van der Waals surface area contributed by atoms with Crippen molar-refractivity contribution in [2.45, 2.75) is 91.3 Å². The Bertz CT molecular complexity index is 983. The fourth-order valence-electron chi connectivity index (χ4n) is 3.57. The SMILES string of the molecule is CCC(C)(C)Oc1ccc(CCCCNC(=O)Cc2ccc(OC)c(OC)c2)c(OC(C)(C)CC)c1. The van der Waals surface area contributed by atoms with Gasteiger partial charge in [-0.15, -0.1) is 0 Å². The quantitative estimate of drug-likeness (QED) is 0.283. The molecule has 36 heavy (non-hydrogen) atoms. The van der Waals surface area contributed by atoms with Gasteiger partial charge in [-0.1, -0.05) is 26.0 Å². The average Bonchev–Trinajstić information content (AvgIpc) is 2.84. The zero-order chi connectivity index (χ0) is 26.8. The van der Waals surface area contributed by atoms with Crippen molar-refractivity contribution in [2.75, 3.05) is 20.8 Å². The summed E-state index contributed by atoms with van der Waals surface area (Å²) in [5.41, 5.74) is 1.56. The van der Waals surface area contributed by atoms with Crippen LogP contribution in [0.1, 0.15) is 78.4 Å². The molecule has 0 aliphatic heterocycles. The number of ether oxygens (including phenoxy) is 4. The van der Waals surface area contributed by atoms with E-state index in [1.165, 1.54) is 0 Å². The fraction of sp³-hybridized carbons (Fsp3) is 0.567. The van der Waals surface area contributed by atoms with E-state index in [0.717, 1.165) is 54.7 Å². The summed E-state index contributed by atoms with van der Waals surface area (Å²) in [4.78, 5) is 12.4. The Hall–Kier alpha value is -2.89. The lowest BCUT2D eigenvalue weighted by atomic mass is 10.0. The molecule has 0 aliphatic rings. The lowest BCUT2D eigenvalue weighted by Crippen LogP contribution is -2.28. The third kappa shape index (κ3) is 9.29. The monoisotopic (exact) mass is 499 g/mol. The Morgan fingerprint density at radius 3 is 2.11 bits per heavy atom. The Morgan fingerprint density at radius 1 is 0.806 bits per heavy atom. The zero-order valence-corrected chi connectivity index (χ0v) is 23.5. The smallest absolute Gasteiger partial charge is 0.224 e. The molecule has 1 N–H and O–H groups in total. The highest BCUT2D eigenvalue weighted by Crippen LogP contribution is 2.32. The van der Waals surface area contributed by atoms with Gasteiger partial charge in [-0.3, -0.25) is 4.79 Å². The summed E-state index contributed by atoms with van der Waals surface area (Å²) < 4.78 is 23.2. The standard InChI is InChI=1S/C30H45NO5/c1-9-29(3,4)35-24-16-15-23(26(21-24)36-30(5,6)10-2)13-11-12-18-31-28(32)20-22-14-17-25(33-7)27(19-22)34-8/h14-17,19,21H,9-13,18,20H2,1-8H3,(H,31,32). The van der Waals surface area contributed by atoms with Crippen LogP contribution in [0.3, 0.4) is 0 Å². The van der Waals surface area contributed by atoms with Gasteiger partial charge in [0.05, 0.1) is 20.6 Å². The number of amides is 1. The van der Waals surface area contributed by atoms with Crippen molar-refractivity contribution >= 4 is 5.91 Å². The maximum atomic E-state index is 12.4. The molecule has 2 rings (SSSR count). The summed E-state index contributed by atoms with van der Waals surface area (Å²) in [6.45, 7) is 13.3. The summed E-state index contributed by atoms with van der Waals surface area (Å²) in [6, 6.07) is 11.7. The molecule has 0 saturated carbocycles. The van der Waals surface area contributed by atoms with Crippen LogP contribution in [0.4, 0.5) is 0 Å². The molecule has 2 aromatic rings. The zero-order valence-electron chi connectivity index (χ0n) is 23.5. The van der Waals surface area contributed by atoms with Crippen LogP contribution in [0.2, 0.25) is 0 Å². The van der Waals surface area contributed by atoms with E-state index in [-0.39, 0.29) is 17.1 Å². The Kier molecular flexibility index (Phi) is 10.9. The van der Waals surface area contributed by atoms with Gasteiger partial charge in [0, 0.05) is 12.6 Å². The highest BCUT2D eigenvalue weighted by atomic mass is 16.5. The van der Waals surface area contributed by atoms with Crippen molar-refractivity contribution in [2.24, 2.45) is 0 Å². The van der Waals surface area contributed by atoms with Crippen molar-refractivity contribution in [1.29, 1.82) is 0 Å². The van der Waals surface area contributed by atoms with E-state index < -0.39 is 0 Å². The van der Waals surface area contributed by atoms with Gasteiger partial charge in [-0.05, 0) is 89.1 Å². The van der Waals surface area contributed by atoms with E-state index in [1.807, 2.05) is 30.3 Å². The van der Waals surface area contributed by atoms with Crippen molar-refractivity contribution in [3.05, 3.63) is 47.5 Å². The average molecular weight is 500 g/mol. The molecule has 6 heteroatoms. The van der Waals surface area contributed by atoms with E-state index in [9.17, 15) is 4.79 Å². The van der Waals surface area contributed by atoms with Gasteiger partial charge in [0.25, 0.3) is 0 Å². The first-order chi connectivity index (χ1) is 17.0. The molecule has 0 unspecified atom stereocenters. The van der Waals surface area contributed by atoms with Gasteiger partial charge in [0.15, 0.2) is 11.5 Å². The van der Waals surface area contributed by atoms with Gasteiger partial charge in [0.2, 0.25) is 5.91 Å². The molecule has 6 nitrogen and oxygen atoms in total. The first-order valence-electron chi connectivity index (χ1n) is 13.0. The number of hydrogen-bond acceptors (Lipinski definition) is 5. The number of nitrogens with one attached hydrogen (secondary N) is 1. The molecule has 0 heterocycles. The lowest BCUT2D eigenvalue weighted by Gasteiger charge is -2.29. The third-order valence-electron chi connectivity index (χ3n) is 6.53. The molecule has 0 atom stereocenters. The van der Waals surface area contributed by atoms with E-state index in [0.29, 0.717) is 24.5 Å². The van der Waals surface area contributed by atoms with Gasteiger partial charge >= 0.3 is 0 Å². The minimum atomic E-state index is -0.258. The van der Waals surface area contributed by atoms with E-state index in [4.69, 9.17) is 18.9 Å². The predicted octanol–water partition coefficient (Wildman–Crippen LogP) is 6.52. The first kappa shape index (κ1) is 29.3. The minimum Gasteiger partial charge on any atom is -0.493 e. The fourth-order valence-corrected chi connectivity index (χ4v) is 3.57. The molecule has 0 bridgehead atoms. The number of benzene rings is 2. The van der Waals surface area contributed by atoms with Crippen molar-refractivity contribution in [1.82, 2.24) is 5.32 Å². The molecular formula is C30H45NO5. The van der Waals surface area contributed by atoms with Crippen LogP contribution in [0, 0.1) is 0 Å². The Balaban J connectivity index is 1.91. The number of carbonyl (C=O) groups excluding carboxylic acids is 1. The minimum absolute atomic E-state index is 0.00372. The summed E-state index contributed by atoms with van der Waals surface area (Å²) >= 11 is 0. The lowest BCUT2D eigenvalue weighted by molar-refractivity contribution is -0.120. The Morgan fingerprint density at radius 2 is 1.47 bits per heavy atom. The number of carbonyl (C=O) groups is 1. The molecule has 0 spiro atoms. The first-order valence-corrected chi connectivity index (χ1v) is 13.0. The van der Waals surface area contributed by atoms with Crippen LogP contribution in [0.15, 0.2) is 36.4 Å². The van der Waals surface area contributed by atoms with Crippen LogP contribution >= 0.6 is 0 Å². The summed E-state index contributed by atoms with van der Waals surface area (Å²) in [7, 11) is 3.19. The number of aryl methyl sites for hydroxylation is 1. The maximum Gasteiger partial charge on any atom is 0.224 e. The number of methoxy groups -OCH3 is 2. The maximum absolute atomic E-state index is 12.4. The van der Waals surface area contributed by atoms with Crippen molar-refractivity contribution in [3.8, 4) is 23.0 Å². The topological polar surface area (TPSA) is 66.0 Å². The summed E-state index contributed by atoms with van der Waals surface area (Å²) in [6.07, 6.45) is 4.83. The largest absolute Gasteiger partial charge is 0.493 e. The molecule has 200 valence electrons.